The standard InChI is InChI=1S/C25H29N5O4/c26-25(32)24-20(14-22(34-24)18-15-27-28-16-18)19-12-17(13-23(31)30-8-10-33-11-9-30)4-5-21(19)29-6-2-1-3-7-29/h4-5,12,14-16H,1-3,6-11,13H2,(H2,26,32)(H,27,28). The maximum atomic E-state index is 12.9. The molecule has 9 nitrogen and oxygen atoms in total. The van der Waals surface area contributed by atoms with Gasteiger partial charge < -0.3 is 24.7 Å². The number of nitrogens with one attached hydrogen (secondary N) is 1. The van der Waals surface area contributed by atoms with Crippen LogP contribution in [0, 0.1) is 0 Å². The van der Waals surface area contributed by atoms with E-state index in [0.717, 1.165) is 48.3 Å². The van der Waals surface area contributed by atoms with E-state index in [2.05, 4.69) is 21.2 Å². The molecule has 3 aromatic rings. The molecule has 2 aliphatic heterocycles. The molecule has 34 heavy (non-hydrogen) atoms. The van der Waals surface area contributed by atoms with Crippen molar-refractivity contribution in [1.82, 2.24) is 15.1 Å². The number of amides is 2. The van der Waals surface area contributed by atoms with Gasteiger partial charge in [0.2, 0.25) is 5.91 Å². The van der Waals surface area contributed by atoms with Gasteiger partial charge in [0.05, 0.1) is 31.4 Å². The molecule has 2 aromatic heterocycles. The number of benzene rings is 1. The second-order valence-corrected chi connectivity index (χ2v) is 8.77. The van der Waals surface area contributed by atoms with Crippen LogP contribution >= 0.6 is 0 Å². The first-order valence-electron chi connectivity index (χ1n) is 11.8. The minimum atomic E-state index is -0.635. The van der Waals surface area contributed by atoms with E-state index < -0.39 is 5.91 Å². The Kier molecular flexibility index (Phi) is 6.35. The number of hydrogen-bond donors (Lipinski definition) is 2. The van der Waals surface area contributed by atoms with Crippen molar-refractivity contribution >= 4 is 17.5 Å². The highest BCUT2D eigenvalue weighted by molar-refractivity contribution is 6.00. The van der Waals surface area contributed by atoms with Crippen molar-refractivity contribution in [2.75, 3.05) is 44.3 Å². The molecule has 0 atom stereocenters. The van der Waals surface area contributed by atoms with Crippen molar-refractivity contribution in [3.8, 4) is 22.5 Å². The summed E-state index contributed by atoms with van der Waals surface area (Å²) in [6.45, 7) is 4.24. The number of anilines is 1. The van der Waals surface area contributed by atoms with Gasteiger partial charge in [-0.2, -0.15) is 5.10 Å². The van der Waals surface area contributed by atoms with Crippen LogP contribution in [0.15, 0.2) is 41.1 Å². The number of furan rings is 1. The number of piperidine rings is 1. The molecule has 0 aliphatic carbocycles. The second kappa shape index (κ2) is 9.72. The van der Waals surface area contributed by atoms with Crippen LogP contribution in [-0.4, -0.2) is 66.3 Å². The summed E-state index contributed by atoms with van der Waals surface area (Å²) < 4.78 is 11.3. The Bertz CT molecular complexity index is 1160. The minimum absolute atomic E-state index is 0.0707. The van der Waals surface area contributed by atoms with Crippen molar-refractivity contribution in [2.24, 2.45) is 5.73 Å². The number of morpholine rings is 1. The van der Waals surface area contributed by atoms with Crippen molar-refractivity contribution in [3.05, 3.63) is 48.0 Å². The fraction of sp³-hybridized carbons (Fsp3) is 0.400. The average molecular weight is 464 g/mol. The number of aromatic nitrogens is 2. The molecule has 178 valence electrons. The number of primary amides is 1. The molecule has 4 heterocycles. The van der Waals surface area contributed by atoms with Gasteiger partial charge in [0, 0.05) is 49.2 Å². The summed E-state index contributed by atoms with van der Waals surface area (Å²) >= 11 is 0. The number of ether oxygens (including phenoxy) is 1. The SMILES string of the molecule is NC(=O)c1oc(-c2cn[nH]c2)cc1-c1cc(CC(=O)N2CCOCC2)ccc1N1CCCCC1. The van der Waals surface area contributed by atoms with Crippen molar-refractivity contribution in [2.45, 2.75) is 25.7 Å². The number of nitrogens with two attached hydrogens (primary N) is 1. The van der Waals surface area contributed by atoms with E-state index in [1.54, 1.807) is 12.4 Å². The van der Waals surface area contributed by atoms with Gasteiger partial charge in [0.1, 0.15) is 5.76 Å². The van der Waals surface area contributed by atoms with Crippen LogP contribution in [0.1, 0.15) is 35.4 Å². The molecule has 3 N–H and O–H groups in total. The molecule has 2 saturated heterocycles. The van der Waals surface area contributed by atoms with Gasteiger partial charge in [0.15, 0.2) is 5.76 Å². The van der Waals surface area contributed by atoms with Crippen molar-refractivity contribution in [3.63, 3.8) is 0 Å². The van der Waals surface area contributed by atoms with Crippen LogP contribution in [0.25, 0.3) is 22.5 Å². The third kappa shape index (κ3) is 4.56. The molecule has 2 fully saturated rings. The van der Waals surface area contributed by atoms with E-state index in [4.69, 9.17) is 14.9 Å². The van der Waals surface area contributed by atoms with E-state index in [1.165, 1.54) is 6.42 Å². The first-order chi connectivity index (χ1) is 16.6. The Morgan fingerprint density at radius 3 is 2.53 bits per heavy atom. The van der Waals surface area contributed by atoms with Gasteiger partial charge in [-0.05, 0) is 43.0 Å². The summed E-state index contributed by atoms with van der Waals surface area (Å²) in [6, 6.07) is 7.89. The smallest absolute Gasteiger partial charge is 0.285 e. The summed E-state index contributed by atoms with van der Waals surface area (Å²) in [5, 5.41) is 6.74. The highest BCUT2D eigenvalue weighted by atomic mass is 16.5. The summed E-state index contributed by atoms with van der Waals surface area (Å²) in [6.07, 6.45) is 7.06. The average Bonchev–Trinajstić information content (AvgIpc) is 3.55. The highest BCUT2D eigenvalue weighted by Gasteiger charge is 2.25. The lowest BCUT2D eigenvalue weighted by Gasteiger charge is -2.31. The minimum Gasteiger partial charge on any atom is -0.450 e. The Morgan fingerprint density at radius 2 is 1.82 bits per heavy atom. The Morgan fingerprint density at radius 1 is 1.03 bits per heavy atom. The summed E-state index contributed by atoms with van der Waals surface area (Å²) in [7, 11) is 0. The molecule has 0 saturated carbocycles. The number of hydrogen-bond acceptors (Lipinski definition) is 6. The molecule has 2 amide bonds. The highest BCUT2D eigenvalue weighted by Crippen LogP contribution is 2.39. The van der Waals surface area contributed by atoms with Gasteiger partial charge >= 0.3 is 0 Å². The quantitative estimate of drug-likeness (QED) is 0.580. The molecule has 0 spiro atoms. The third-order valence-corrected chi connectivity index (χ3v) is 6.51. The summed E-state index contributed by atoms with van der Waals surface area (Å²) in [5.74, 6) is 0.0496. The summed E-state index contributed by atoms with van der Waals surface area (Å²) in [4.78, 5) is 29.4. The van der Waals surface area contributed by atoms with Gasteiger partial charge in [-0.15, -0.1) is 0 Å². The number of nitrogens with zero attached hydrogens (tertiary/aromatic N) is 3. The third-order valence-electron chi connectivity index (χ3n) is 6.51. The molecular formula is C25H29N5O4. The van der Waals surface area contributed by atoms with Gasteiger partial charge in [-0.25, -0.2) is 0 Å². The predicted octanol–water partition coefficient (Wildman–Crippen LogP) is 2.83. The lowest BCUT2D eigenvalue weighted by atomic mass is 9.97. The van der Waals surface area contributed by atoms with E-state index in [9.17, 15) is 9.59 Å². The largest absolute Gasteiger partial charge is 0.450 e. The van der Waals surface area contributed by atoms with Crippen molar-refractivity contribution < 1.29 is 18.7 Å². The Balaban J connectivity index is 1.55. The van der Waals surface area contributed by atoms with Crippen LogP contribution in [-0.2, 0) is 16.0 Å². The fourth-order valence-electron chi connectivity index (χ4n) is 4.72. The molecule has 9 heteroatoms. The lowest BCUT2D eigenvalue weighted by molar-refractivity contribution is -0.134. The Hall–Kier alpha value is -3.59. The van der Waals surface area contributed by atoms with Gasteiger partial charge in [-0.3, -0.25) is 14.7 Å². The monoisotopic (exact) mass is 463 g/mol. The number of carbonyl (C=O) groups excluding carboxylic acids is 2. The zero-order valence-corrected chi connectivity index (χ0v) is 19.1. The zero-order chi connectivity index (χ0) is 23.5. The van der Waals surface area contributed by atoms with Crippen LogP contribution in [0.5, 0.6) is 0 Å². The number of rotatable bonds is 6. The zero-order valence-electron chi connectivity index (χ0n) is 19.1. The molecule has 0 unspecified atom stereocenters. The maximum Gasteiger partial charge on any atom is 0.285 e. The fourth-order valence-corrected chi connectivity index (χ4v) is 4.72. The van der Waals surface area contributed by atoms with Gasteiger partial charge in [-0.1, -0.05) is 6.07 Å². The Labute approximate surface area is 197 Å². The second-order valence-electron chi connectivity index (χ2n) is 8.77. The molecule has 1 aromatic carbocycles. The van der Waals surface area contributed by atoms with Crippen LogP contribution in [0.2, 0.25) is 0 Å². The van der Waals surface area contributed by atoms with Crippen LogP contribution < -0.4 is 10.6 Å². The van der Waals surface area contributed by atoms with E-state index in [0.29, 0.717) is 37.6 Å². The van der Waals surface area contributed by atoms with Crippen LogP contribution in [0.4, 0.5) is 5.69 Å². The first kappa shape index (κ1) is 22.2. The first-order valence-corrected chi connectivity index (χ1v) is 11.8. The molecule has 0 bridgehead atoms. The van der Waals surface area contributed by atoms with E-state index in [-0.39, 0.29) is 18.1 Å². The maximum absolute atomic E-state index is 12.9. The number of H-pyrrole nitrogens is 1. The molecule has 5 rings (SSSR count). The lowest BCUT2D eigenvalue weighted by Crippen LogP contribution is -2.41. The topological polar surface area (TPSA) is 118 Å². The number of aromatic amines is 1. The van der Waals surface area contributed by atoms with Gasteiger partial charge in [0.25, 0.3) is 5.91 Å². The predicted molar refractivity (Wildman–Crippen MR) is 127 cm³/mol. The molecule has 0 radical (unpaired) electrons. The number of carbonyl (C=O) groups is 2. The molecular weight excluding hydrogens is 434 g/mol. The normalized spacial score (nSPS) is 16.6. The van der Waals surface area contributed by atoms with Crippen LogP contribution in [0.3, 0.4) is 0 Å². The molecule has 2 aliphatic rings. The van der Waals surface area contributed by atoms with E-state index >= 15 is 0 Å². The van der Waals surface area contributed by atoms with E-state index in [1.807, 2.05) is 23.1 Å². The van der Waals surface area contributed by atoms with Crippen molar-refractivity contribution in [1.29, 1.82) is 0 Å². The summed E-state index contributed by atoms with van der Waals surface area (Å²) in [5.41, 5.74) is 9.83.